The first-order valence-electron chi connectivity index (χ1n) is 12.5. The molecule has 0 aliphatic heterocycles. The zero-order valence-corrected chi connectivity index (χ0v) is 21.6. The fourth-order valence-corrected chi connectivity index (χ4v) is 3.51. The molecule has 1 heteroatoms. The van der Waals surface area contributed by atoms with E-state index in [1.165, 1.54) is 11.1 Å². The van der Waals surface area contributed by atoms with Crippen LogP contribution >= 0.6 is 0 Å². The van der Waals surface area contributed by atoms with E-state index in [0.717, 1.165) is 33.1 Å². The highest BCUT2D eigenvalue weighted by Crippen LogP contribution is 2.39. The van der Waals surface area contributed by atoms with Gasteiger partial charge in [-0.15, -0.1) is 0 Å². The van der Waals surface area contributed by atoms with Crippen LogP contribution in [0.2, 0.25) is 0 Å². The number of fused-ring (bicyclic) bond motifs is 3. The molecule has 0 unspecified atom stereocenters. The molecule has 5 aromatic rings. The van der Waals surface area contributed by atoms with Gasteiger partial charge in [0, 0.05) is 21.9 Å². The van der Waals surface area contributed by atoms with Gasteiger partial charge >= 0.3 is 0 Å². The predicted molar refractivity (Wildman–Crippen MR) is 150 cm³/mol. The van der Waals surface area contributed by atoms with Gasteiger partial charge in [0.15, 0.2) is 0 Å². The standard InChI is InChI=1S/C24H16O.4C2H6/c1-3-9-17(10-4-1)19-13-7-15-21-22-16-8-14-20(24(22)25-23(19)21)18-11-5-2-6-12-18;4*1-2/h1-16H;4*1-2H3. The van der Waals surface area contributed by atoms with Crippen LogP contribution in [0.4, 0.5) is 0 Å². The summed E-state index contributed by atoms with van der Waals surface area (Å²) in [7, 11) is 0. The van der Waals surface area contributed by atoms with Crippen LogP contribution in [-0.2, 0) is 0 Å². The van der Waals surface area contributed by atoms with Crippen LogP contribution in [0.25, 0.3) is 44.2 Å². The van der Waals surface area contributed by atoms with Gasteiger partial charge in [0.1, 0.15) is 11.2 Å². The largest absolute Gasteiger partial charge is 0.455 e. The van der Waals surface area contributed by atoms with E-state index in [-0.39, 0.29) is 0 Å². The summed E-state index contributed by atoms with van der Waals surface area (Å²) in [6.07, 6.45) is 0. The third-order valence-electron chi connectivity index (χ3n) is 4.69. The SMILES string of the molecule is CC.CC.CC.CC.c1ccc(-c2cccc3c2oc2c(-c4ccccc4)cccc23)cc1. The normalized spacial score (nSPS) is 9.21. The maximum atomic E-state index is 6.42. The van der Waals surface area contributed by atoms with Crippen molar-refractivity contribution in [2.24, 2.45) is 0 Å². The van der Waals surface area contributed by atoms with Crippen LogP contribution in [0.1, 0.15) is 55.4 Å². The van der Waals surface area contributed by atoms with E-state index in [4.69, 9.17) is 4.42 Å². The molecular formula is C32H40O. The lowest BCUT2D eigenvalue weighted by Crippen LogP contribution is -1.77. The molecule has 0 saturated carbocycles. The summed E-state index contributed by atoms with van der Waals surface area (Å²) in [6.45, 7) is 16.0. The van der Waals surface area contributed by atoms with Crippen LogP contribution < -0.4 is 0 Å². The maximum absolute atomic E-state index is 6.42. The van der Waals surface area contributed by atoms with E-state index in [1.54, 1.807) is 0 Å². The van der Waals surface area contributed by atoms with Crippen LogP contribution in [0.5, 0.6) is 0 Å². The molecule has 0 N–H and O–H groups in total. The smallest absolute Gasteiger partial charge is 0.143 e. The minimum Gasteiger partial charge on any atom is -0.455 e. The number of furan rings is 1. The number of hydrogen-bond donors (Lipinski definition) is 0. The van der Waals surface area contributed by atoms with Gasteiger partial charge in [-0.25, -0.2) is 0 Å². The van der Waals surface area contributed by atoms with Gasteiger partial charge in [-0.1, -0.05) is 152 Å². The monoisotopic (exact) mass is 440 g/mol. The first-order chi connectivity index (χ1) is 16.4. The third kappa shape index (κ3) is 6.35. The first-order valence-corrected chi connectivity index (χ1v) is 12.5. The van der Waals surface area contributed by atoms with Crippen molar-refractivity contribution in [1.29, 1.82) is 0 Å². The molecule has 4 aromatic carbocycles. The molecule has 5 rings (SSSR count). The van der Waals surface area contributed by atoms with E-state index in [9.17, 15) is 0 Å². The summed E-state index contributed by atoms with van der Waals surface area (Å²) in [6, 6.07) is 33.6. The fraction of sp³-hybridized carbons (Fsp3) is 0.250. The van der Waals surface area contributed by atoms with Crippen molar-refractivity contribution in [2.45, 2.75) is 55.4 Å². The maximum Gasteiger partial charge on any atom is 0.143 e. The molecule has 0 spiro atoms. The van der Waals surface area contributed by atoms with Crippen molar-refractivity contribution in [1.82, 2.24) is 0 Å². The van der Waals surface area contributed by atoms with Gasteiger partial charge in [0.05, 0.1) is 0 Å². The van der Waals surface area contributed by atoms with Crippen LogP contribution in [0.15, 0.2) is 101 Å². The molecule has 0 saturated heterocycles. The Hall–Kier alpha value is -3.32. The molecule has 0 aliphatic rings. The Labute approximate surface area is 201 Å². The Bertz CT molecular complexity index is 1070. The van der Waals surface area contributed by atoms with E-state index in [2.05, 4.69) is 84.9 Å². The summed E-state index contributed by atoms with van der Waals surface area (Å²) in [5, 5.41) is 2.32. The molecule has 174 valence electrons. The molecule has 1 aromatic heterocycles. The lowest BCUT2D eigenvalue weighted by Gasteiger charge is -2.02. The van der Waals surface area contributed by atoms with Gasteiger partial charge in [0.2, 0.25) is 0 Å². The third-order valence-corrected chi connectivity index (χ3v) is 4.69. The Morgan fingerprint density at radius 1 is 0.364 bits per heavy atom. The van der Waals surface area contributed by atoms with E-state index < -0.39 is 0 Å². The summed E-state index contributed by atoms with van der Waals surface area (Å²) < 4.78 is 6.42. The number of rotatable bonds is 2. The molecule has 1 heterocycles. The van der Waals surface area contributed by atoms with Crippen molar-refractivity contribution in [2.75, 3.05) is 0 Å². The fourth-order valence-electron chi connectivity index (χ4n) is 3.51. The molecule has 0 fully saturated rings. The number of benzene rings is 4. The molecule has 0 aliphatic carbocycles. The molecule has 0 atom stereocenters. The first kappa shape index (κ1) is 27.7. The summed E-state index contributed by atoms with van der Waals surface area (Å²) >= 11 is 0. The van der Waals surface area contributed by atoms with Crippen LogP contribution in [0, 0.1) is 0 Å². The summed E-state index contributed by atoms with van der Waals surface area (Å²) in [4.78, 5) is 0. The van der Waals surface area contributed by atoms with Crippen molar-refractivity contribution in [3.63, 3.8) is 0 Å². The highest BCUT2D eigenvalue weighted by molar-refractivity contribution is 6.12. The Balaban J connectivity index is 0.000000619. The van der Waals surface area contributed by atoms with Crippen LogP contribution in [-0.4, -0.2) is 0 Å². The average Bonchev–Trinajstić information content (AvgIpc) is 3.33. The van der Waals surface area contributed by atoms with Crippen molar-refractivity contribution in [3.05, 3.63) is 97.1 Å². The second-order valence-electron chi connectivity index (χ2n) is 6.20. The van der Waals surface area contributed by atoms with E-state index in [1.807, 2.05) is 67.5 Å². The minimum atomic E-state index is 0.951. The topological polar surface area (TPSA) is 13.1 Å². The van der Waals surface area contributed by atoms with Crippen molar-refractivity contribution >= 4 is 21.9 Å². The number of hydrogen-bond acceptors (Lipinski definition) is 1. The average molecular weight is 441 g/mol. The predicted octanol–water partition coefficient (Wildman–Crippen LogP) is 11.0. The lowest BCUT2D eigenvalue weighted by atomic mass is 10.0. The summed E-state index contributed by atoms with van der Waals surface area (Å²) in [5.41, 5.74) is 6.52. The molecule has 33 heavy (non-hydrogen) atoms. The van der Waals surface area contributed by atoms with Crippen molar-refractivity contribution < 1.29 is 4.42 Å². The Kier molecular flexibility index (Phi) is 13.0. The second kappa shape index (κ2) is 15.5. The highest BCUT2D eigenvalue weighted by Gasteiger charge is 2.14. The summed E-state index contributed by atoms with van der Waals surface area (Å²) in [5.74, 6) is 0. The van der Waals surface area contributed by atoms with Crippen molar-refractivity contribution in [3.8, 4) is 22.3 Å². The van der Waals surface area contributed by atoms with Gasteiger partial charge in [-0.2, -0.15) is 0 Å². The second-order valence-corrected chi connectivity index (χ2v) is 6.20. The zero-order chi connectivity index (χ0) is 24.6. The molecular weight excluding hydrogens is 400 g/mol. The minimum absolute atomic E-state index is 0.951. The molecule has 0 bridgehead atoms. The Morgan fingerprint density at radius 2 is 0.697 bits per heavy atom. The molecule has 0 radical (unpaired) electrons. The number of para-hydroxylation sites is 2. The molecule has 0 amide bonds. The Morgan fingerprint density at radius 3 is 1.03 bits per heavy atom. The van der Waals surface area contributed by atoms with Gasteiger partial charge in [0.25, 0.3) is 0 Å². The van der Waals surface area contributed by atoms with Gasteiger partial charge in [-0.3, -0.25) is 0 Å². The van der Waals surface area contributed by atoms with E-state index >= 15 is 0 Å². The lowest BCUT2D eigenvalue weighted by molar-refractivity contribution is 0.671. The van der Waals surface area contributed by atoms with Crippen LogP contribution in [0.3, 0.4) is 0 Å². The van der Waals surface area contributed by atoms with Gasteiger partial charge < -0.3 is 4.42 Å². The van der Waals surface area contributed by atoms with E-state index in [0.29, 0.717) is 0 Å². The van der Waals surface area contributed by atoms with Gasteiger partial charge in [-0.05, 0) is 11.1 Å². The highest BCUT2D eigenvalue weighted by atomic mass is 16.3. The zero-order valence-electron chi connectivity index (χ0n) is 21.6. The quantitative estimate of drug-likeness (QED) is 0.266. The molecule has 1 nitrogen and oxygen atoms in total.